The monoisotopic (exact) mass is 259 g/mol. The molecule has 2 aromatic heterocycles. The van der Waals surface area contributed by atoms with Crippen molar-refractivity contribution in [2.24, 2.45) is 0 Å². The van der Waals surface area contributed by atoms with Gasteiger partial charge in [0, 0.05) is 12.0 Å². The fourth-order valence-corrected chi connectivity index (χ4v) is 3.32. The molecule has 1 aromatic carbocycles. The molecule has 0 fully saturated rings. The van der Waals surface area contributed by atoms with E-state index in [4.69, 9.17) is 0 Å². The third-order valence-corrected chi connectivity index (χ3v) is 4.37. The predicted octanol–water partition coefficient (Wildman–Crippen LogP) is 3.06. The lowest BCUT2D eigenvalue weighted by atomic mass is 10.1. The van der Waals surface area contributed by atoms with Crippen molar-refractivity contribution in [3.63, 3.8) is 0 Å². The first-order valence-electron chi connectivity index (χ1n) is 5.92. The molecule has 0 saturated heterocycles. The maximum Gasteiger partial charge on any atom is 0.212 e. The first kappa shape index (κ1) is 10.2. The lowest BCUT2D eigenvalue weighted by Gasteiger charge is -1.97. The molecular weight excluding hydrogens is 249 g/mol. The molecule has 1 aliphatic carbocycles. The summed E-state index contributed by atoms with van der Waals surface area (Å²) in [5.41, 5.74) is 4.10. The zero-order valence-corrected chi connectivity index (χ0v) is 10.6. The van der Waals surface area contributed by atoms with Crippen molar-refractivity contribution in [1.29, 1.82) is 0 Å². The van der Waals surface area contributed by atoms with E-state index in [1.807, 2.05) is 10.6 Å². The molecular formula is C13H10FN3S. The Labute approximate surface area is 107 Å². The molecule has 0 bridgehead atoms. The number of imidazole rings is 1. The van der Waals surface area contributed by atoms with Crippen LogP contribution in [0.2, 0.25) is 0 Å². The van der Waals surface area contributed by atoms with E-state index in [1.165, 1.54) is 6.07 Å². The second kappa shape index (κ2) is 3.38. The highest BCUT2D eigenvalue weighted by Crippen LogP contribution is 2.37. The van der Waals surface area contributed by atoms with Gasteiger partial charge >= 0.3 is 0 Å². The Bertz CT molecular complexity index is 772. The molecule has 4 rings (SSSR count). The van der Waals surface area contributed by atoms with Crippen molar-refractivity contribution in [2.45, 2.75) is 19.8 Å². The average molecular weight is 259 g/mol. The van der Waals surface area contributed by atoms with Crippen LogP contribution in [0.15, 0.2) is 18.2 Å². The summed E-state index contributed by atoms with van der Waals surface area (Å²) in [6, 6.07) is 4.90. The zero-order valence-electron chi connectivity index (χ0n) is 9.77. The molecule has 5 heteroatoms. The van der Waals surface area contributed by atoms with Crippen molar-refractivity contribution in [3.05, 3.63) is 40.3 Å². The van der Waals surface area contributed by atoms with E-state index < -0.39 is 0 Å². The van der Waals surface area contributed by atoms with Gasteiger partial charge in [-0.2, -0.15) is 5.10 Å². The second-order valence-corrected chi connectivity index (χ2v) is 5.47. The predicted molar refractivity (Wildman–Crippen MR) is 68.4 cm³/mol. The van der Waals surface area contributed by atoms with Crippen LogP contribution < -0.4 is 0 Å². The number of fused-ring (bicyclic) bond motifs is 5. The molecule has 0 spiro atoms. The van der Waals surface area contributed by atoms with Gasteiger partial charge in [0.15, 0.2) is 0 Å². The number of rotatable bonds is 1. The quantitative estimate of drug-likeness (QED) is 0.526. The molecule has 0 aliphatic heterocycles. The van der Waals surface area contributed by atoms with Gasteiger partial charge in [-0.15, -0.1) is 0 Å². The van der Waals surface area contributed by atoms with E-state index in [1.54, 1.807) is 17.4 Å². The summed E-state index contributed by atoms with van der Waals surface area (Å²) >= 11 is 1.63. The van der Waals surface area contributed by atoms with Crippen LogP contribution >= 0.6 is 11.3 Å². The summed E-state index contributed by atoms with van der Waals surface area (Å²) in [5, 5.41) is 5.63. The van der Waals surface area contributed by atoms with E-state index >= 15 is 0 Å². The van der Waals surface area contributed by atoms with E-state index in [9.17, 15) is 4.39 Å². The van der Waals surface area contributed by atoms with Crippen molar-refractivity contribution in [2.75, 3.05) is 0 Å². The van der Waals surface area contributed by atoms with Gasteiger partial charge in [-0.3, -0.25) is 0 Å². The summed E-state index contributed by atoms with van der Waals surface area (Å²) in [4.78, 5) is 5.57. The lowest BCUT2D eigenvalue weighted by Crippen LogP contribution is -1.93. The van der Waals surface area contributed by atoms with Gasteiger partial charge in [-0.05, 0) is 30.2 Å². The molecule has 0 unspecified atom stereocenters. The van der Waals surface area contributed by atoms with E-state index in [-0.39, 0.29) is 5.82 Å². The number of hydrogen-bond donors (Lipinski definition) is 0. The summed E-state index contributed by atoms with van der Waals surface area (Å²) in [7, 11) is 0. The molecule has 0 saturated carbocycles. The number of hydrogen-bond acceptors (Lipinski definition) is 3. The number of benzene rings is 1. The number of nitrogens with zero attached hydrogens (tertiary/aromatic N) is 3. The van der Waals surface area contributed by atoms with Gasteiger partial charge in [0.05, 0.1) is 11.4 Å². The highest BCUT2D eigenvalue weighted by molar-refractivity contribution is 7.16. The normalized spacial score (nSPS) is 13.0. The second-order valence-electron chi connectivity index (χ2n) is 4.43. The van der Waals surface area contributed by atoms with Crippen molar-refractivity contribution in [1.82, 2.24) is 14.6 Å². The number of halogens is 1. The molecule has 3 nitrogen and oxygen atoms in total. The molecule has 90 valence electrons. The summed E-state index contributed by atoms with van der Waals surface area (Å²) < 4.78 is 15.1. The fourth-order valence-electron chi connectivity index (χ4n) is 2.47. The molecule has 18 heavy (non-hydrogen) atoms. The van der Waals surface area contributed by atoms with Gasteiger partial charge in [0.2, 0.25) is 4.96 Å². The summed E-state index contributed by atoms with van der Waals surface area (Å²) in [5.74, 6) is -0.187. The Kier molecular flexibility index (Phi) is 1.92. The SMILES string of the molecule is CCc1nn2c3c(nc2s1)-c1ccc(F)cc1C3. The highest BCUT2D eigenvalue weighted by atomic mass is 32.1. The Morgan fingerprint density at radius 1 is 1.44 bits per heavy atom. The Morgan fingerprint density at radius 2 is 2.33 bits per heavy atom. The van der Waals surface area contributed by atoms with E-state index in [0.717, 1.165) is 45.3 Å². The van der Waals surface area contributed by atoms with Crippen molar-refractivity contribution < 1.29 is 4.39 Å². The maximum atomic E-state index is 13.2. The van der Waals surface area contributed by atoms with Crippen molar-refractivity contribution in [3.8, 4) is 11.3 Å². The minimum Gasteiger partial charge on any atom is -0.217 e. The largest absolute Gasteiger partial charge is 0.217 e. The first-order chi connectivity index (χ1) is 8.76. The molecule has 0 atom stereocenters. The minimum absolute atomic E-state index is 0.187. The average Bonchev–Trinajstić information content (AvgIpc) is 2.97. The van der Waals surface area contributed by atoms with Crippen LogP contribution in [0.5, 0.6) is 0 Å². The van der Waals surface area contributed by atoms with Gasteiger partial charge < -0.3 is 0 Å². The third-order valence-electron chi connectivity index (χ3n) is 3.32. The third kappa shape index (κ3) is 1.22. The molecule has 3 aromatic rings. The summed E-state index contributed by atoms with van der Waals surface area (Å²) in [6.07, 6.45) is 1.64. The van der Waals surface area contributed by atoms with Crippen LogP contribution in [-0.2, 0) is 12.8 Å². The topological polar surface area (TPSA) is 30.2 Å². The Hall–Kier alpha value is -1.75. The van der Waals surface area contributed by atoms with Gasteiger partial charge in [-0.25, -0.2) is 13.9 Å². The smallest absolute Gasteiger partial charge is 0.212 e. The van der Waals surface area contributed by atoms with Crippen LogP contribution in [0.1, 0.15) is 23.2 Å². The van der Waals surface area contributed by atoms with Crippen LogP contribution in [0.25, 0.3) is 16.2 Å². The van der Waals surface area contributed by atoms with Crippen LogP contribution in [0, 0.1) is 5.82 Å². The van der Waals surface area contributed by atoms with Crippen LogP contribution in [0.3, 0.4) is 0 Å². The highest BCUT2D eigenvalue weighted by Gasteiger charge is 2.26. The molecule has 0 radical (unpaired) electrons. The summed E-state index contributed by atoms with van der Waals surface area (Å²) in [6.45, 7) is 2.09. The Morgan fingerprint density at radius 3 is 3.17 bits per heavy atom. The number of aryl methyl sites for hydroxylation is 1. The lowest BCUT2D eigenvalue weighted by molar-refractivity contribution is 0.626. The van der Waals surface area contributed by atoms with Crippen LogP contribution in [-0.4, -0.2) is 14.6 Å². The maximum absolute atomic E-state index is 13.2. The standard InChI is InChI=1S/C13H10FN3S/c1-2-11-16-17-10-6-7-5-8(14)3-4-9(7)12(10)15-13(17)18-11/h3-5H,2,6H2,1H3. The minimum atomic E-state index is -0.187. The van der Waals surface area contributed by atoms with Gasteiger partial charge in [0.25, 0.3) is 0 Å². The van der Waals surface area contributed by atoms with E-state index in [2.05, 4.69) is 17.0 Å². The molecule has 0 N–H and O–H groups in total. The van der Waals surface area contributed by atoms with E-state index in [0.29, 0.717) is 0 Å². The molecule has 1 aliphatic rings. The Balaban J connectivity index is 1.97. The fraction of sp³-hybridized carbons (Fsp3) is 0.231. The van der Waals surface area contributed by atoms with Gasteiger partial charge in [-0.1, -0.05) is 18.3 Å². The first-order valence-corrected chi connectivity index (χ1v) is 6.74. The zero-order chi connectivity index (χ0) is 12.3. The molecule has 2 heterocycles. The van der Waals surface area contributed by atoms with Crippen molar-refractivity contribution >= 4 is 16.3 Å². The van der Waals surface area contributed by atoms with Gasteiger partial charge in [0.1, 0.15) is 10.8 Å². The molecule has 0 amide bonds. The van der Waals surface area contributed by atoms with Crippen LogP contribution in [0.4, 0.5) is 4.39 Å². The number of aromatic nitrogens is 3.